The van der Waals surface area contributed by atoms with Crippen molar-refractivity contribution in [3.63, 3.8) is 0 Å². The van der Waals surface area contributed by atoms with Gasteiger partial charge < -0.3 is 78.9 Å². The highest BCUT2D eigenvalue weighted by Crippen LogP contribution is 2.73. The molecule has 15 atom stereocenters. The average Bonchev–Trinajstić information content (AvgIpc) is 1.51. The number of pyridine rings is 3. The number of hydrogen-bond acceptors (Lipinski definition) is 21. The number of aliphatic hydroxyl groups excluding tert-OH is 4. The quantitative estimate of drug-likeness (QED) is 0.0470. The van der Waals surface area contributed by atoms with E-state index >= 15 is 0 Å². The number of nitrogens with zero attached hydrogens (tertiary/aromatic N) is 8. The Bertz CT molecular complexity index is 4370. The highest BCUT2D eigenvalue weighted by molar-refractivity contribution is 9.10. The first kappa shape index (κ1) is 74.6. The maximum absolute atomic E-state index is 12.7. The molecule has 3 aliphatic carbocycles. The Morgan fingerprint density at radius 3 is 1.05 bits per heavy atom. The summed E-state index contributed by atoms with van der Waals surface area (Å²) in [4.78, 5) is 19.0. The molecule has 21 nitrogen and oxygen atoms in total. The van der Waals surface area contributed by atoms with Crippen molar-refractivity contribution in [3.8, 4) is 47.0 Å². The number of aliphatic hydroxyl groups is 7. The van der Waals surface area contributed by atoms with Gasteiger partial charge >= 0.3 is 0 Å². The second kappa shape index (κ2) is 29.5. The molecule has 104 heavy (non-hydrogen) atoms. The zero-order valence-electron chi connectivity index (χ0n) is 59.2. The SMILES string of the molecule is CO.COc1nc(Cl)cc2c1[C@]1(O)[C@H](O)[C@H](CN(C)C)[C@@H](c3ccccc3)[C@]1(c1ccc(Br)cc1)O2.COc1nccc2c1[C@]1(O)[C@H](O)[C@H](CN(C)C)[C@@H](c3ccccc3)[C@]1(c1ccc(C#N)cc1)O2.COc1nccc2c1[C@]1(O)[C@H](O)[C@H](CN(C)C)[C@@H](c3ccccc3)[C@]1(c1ccc(C#N)cc1)O2. The largest absolute Gasteiger partial charge is 0.481 e. The number of aromatic nitrogens is 3. The molecular formula is C81H84BrClN8O13. The predicted molar refractivity (Wildman–Crippen MR) is 392 cm³/mol. The molecule has 3 aromatic heterocycles. The molecule has 6 heterocycles. The van der Waals surface area contributed by atoms with Gasteiger partial charge in [0.1, 0.15) is 22.4 Å². The Kier molecular flexibility index (Phi) is 21.1. The maximum atomic E-state index is 12.7. The topological polar surface area (TPSA) is 293 Å². The Hall–Kier alpha value is -9.08. The van der Waals surface area contributed by atoms with Crippen LogP contribution in [0.25, 0.3) is 0 Å². The van der Waals surface area contributed by atoms with Crippen molar-refractivity contribution >= 4 is 27.5 Å². The molecule has 3 saturated carbocycles. The summed E-state index contributed by atoms with van der Waals surface area (Å²) >= 11 is 9.79. The van der Waals surface area contributed by atoms with Gasteiger partial charge in [-0.2, -0.15) is 10.5 Å². The maximum Gasteiger partial charge on any atom is 0.224 e. The molecule has 15 rings (SSSR count). The predicted octanol–water partition coefficient (Wildman–Crippen LogP) is 9.47. The summed E-state index contributed by atoms with van der Waals surface area (Å²) in [6.07, 6.45) is -0.419. The first-order valence-corrected chi connectivity index (χ1v) is 35.1. The summed E-state index contributed by atoms with van der Waals surface area (Å²) in [6.45, 7) is 1.56. The lowest BCUT2D eigenvalue weighted by Gasteiger charge is -2.41. The Morgan fingerprint density at radius 2 is 0.750 bits per heavy atom. The van der Waals surface area contributed by atoms with E-state index in [0.29, 0.717) is 75.8 Å². The molecule has 6 aliphatic rings. The van der Waals surface area contributed by atoms with Crippen LogP contribution in [0.2, 0.25) is 5.15 Å². The number of fused-ring (bicyclic) bond motifs is 9. The molecule has 23 heteroatoms. The smallest absolute Gasteiger partial charge is 0.224 e. The third kappa shape index (κ3) is 11.5. The molecule has 3 fully saturated rings. The Labute approximate surface area is 618 Å². The van der Waals surface area contributed by atoms with Crippen molar-refractivity contribution in [1.29, 1.82) is 10.5 Å². The fourth-order valence-corrected chi connectivity index (χ4v) is 18.2. The van der Waals surface area contributed by atoms with E-state index in [9.17, 15) is 41.2 Å². The van der Waals surface area contributed by atoms with Crippen molar-refractivity contribution < 1.29 is 64.2 Å². The lowest BCUT2D eigenvalue weighted by molar-refractivity contribution is -0.152. The lowest BCUT2D eigenvalue weighted by atomic mass is 9.70. The van der Waals surface area contributed by atoms with Gasteiger partial charge in [-0.05, 0) is 124 Å². The van der Waals surface area contributed by atoms with Gasteiger partial charge in [-0.15, -0.1) is 0 Å². The molecule has 3 aliphatic heterocycles. The standard InChI is InChI=1S/2C27H27N3O4.C26H26BrClN2O4.CH4O/c2*1-30(2)16-20-22(18-7-5-4-6-8-18)27(19-11-9-17(15-28)10-12-19)26(32,24(20)31)23-21(34-27)13-14-29-25(23)33-3;1-30(2)14-18-21(15-7-5-4-6-8-15)26(16-9-11-17(27)12-10-16)25(32,23(18)31)22-19(34-26)13-20(28)29-24(22)33-3;1-2/h2*4-14,20,22,24,31-32H,16H2,1-3H3;4-13,18,21,23,31-32H,14H2,1-3H3;2H,1H3/t2*20-,22-,24-,26+,27+;18-,21-,23-,25+,26+;/m111./s1. The van der Waals surface area contributed by atoms with Crippen molar-refractivity contribution in [1.82, 2.24) is 29.7 Å². The zero-order chi connectivity index (χ0) is 74.4. The van der Waals surface area contributed by atoms with Gasteiger partial charge in [0.05, 0.1) is 79.6 Å². The van der Waals surface area contributed by atoms with E-state index < -0.39 is 69.7 Å². The van der Waals surface area contributed by atoms with Crippen molar-refractivity contribution in [2.75, 3.05) is 90.4 Å². The summed E-state index contributed by atoms with van der Waals surface area (Å²) < 4.78 is 37.8. The summed E-state index contributed by atoms with van der Waals surface area (Å²) in [7, 11) is 17.1. The number of ether oxygens (including phenoxy) is 6. The normalized spacial score (nSPS) is 28.9. The van der Waals surface area contributed by atoms with Crippen LogP contribution in [-0.4, -0.2) is 174 Å². The van der Waals surface area contributed by atoms with Crippen LogP contribution in [0.5, 0.6) is 34.9 Å². The summed E-state index contributed by atoms with van der Waals surface area (Å²) in [5.41, 5.74) is -2.74. The third-order valence-corrected chi connectivity index (χ3v) is 22.1. The number of rotatable bonds is 15. The number of nitriles is 2. The van der Waals surface area contributed by atoms with Crippen LogP contribution in [0.4, 0.5) is 0 Å². The zero-order valence-corrected chi connectivity index (χ0v) is 61.5. The van der Waals surface area contributed by atoms with Crippen molar-refractivity contribution in [3.05, 3.63) is 265 Å². The molecular weight excluding hydrogens is 1410 g/mol. The van der Waals surface area contributed by atoms with Crippen LogP contribution in [-0.2, 0) is 33.6 Å². The Balaban J connectivity index is 0.000000145. The molecule has 0 spiro atoms. The highest BCUT2D eigenvalue weighted by atomic mass is 79.9. The first-order valence-electron chi connectivity index (χ1n) is 33.9. The van der Waals surface area contributed by atoms with E-state index in [4.69, 9.17) is 45.1 Å². The van der Waals surface area contributed by atoms with Crippen LogP contribution >= 0.6 is 27.5 Å². The minimum absolute atomic E-state index is 0.139. The average molecular weight is 1490 g/mol. The van der Waals surface area contributed by atoms with Gasteiger partial charge in [0.2, 0.25) is 17.6 Å². The molecule has 0 bridgehead atoms. The third-order valence-electron chi connectivity index (χ3n) is 21.4. The molecule has 0 unspecified atom stereocenters. The molecule has 540 valence electrons. The summed E-state index contributed by atoms with van der Waals surface area (Å²) in [6, 6.07) is 60.5. The highest BCUT2D eigenvalue weighted by Gasteiger charge is 2.80. The van der Waals surface area contributed by atoms with Crippen LogP contribution in [0, 0.1) is 40.4 Å². The van der Waals surface area contributed by atoms with Crippen molar-refractivity contribution in [2.24, 2.45) is 17.8 Å². The van der Waals surface area contributed by atoms with E-state index in [1.54, 1.807) is 79.1 Å². The van der Waals surface area contributed by atoms with E-state index in [-0.39, 0.29) is 40.5 Å². The van der Waals surface area contributed by atoms with Crippen LogP contribution in [0.3, 0.4) is 0 Å². The number of halogens is 2. The molecule has 0 saturated heterocycles. The monoisotopic (exact) mass is 1490 g/mol. The number of benzene rings is 6. The minimum Gasteiger partial charge on any atom is -0.481 e. The van der Waals surface area contributed by atoms with Gasteiger partial charge in [-0.25, -0.2) is 15.0 Å². The second-order valence-electron chi connectivity index (χ2n) is 27.7. The second-order valence-corrected chi connectivity index (χ2v) is 29.0. The molecule has 7 N–H and O–H groups in total. The van der Waals surface area contributed by atoms with Gasteiger partial charge in [0.15, 0.2) is 33.6 Å². The van der Waals surface area contributed by atoms with Gasteiger partial charge in [0, 0.05) is 85.2 Å². The van der Waals surface area contributed by atoms with Gasteiger partial charge in [0.25, 0.3) is 0 Å². The van der Waals surface area contributed by atoms with Crippen LogP contribution in [0.15, 0.2) is 199 Å². The van der Waals surface area contributed by atoms with E-state index in [0.717, 1.165) is 33.8 Å². The fraction of sp³-hybridized carbons (Fsp3) is 0.346. The molecule has 0 radical (unpaired) electrons. The van der Waals surface area contributed by atoms with Crippen molar-refractivity contribution in [2.45, 2.75) is 69.7 Å². The van der Waals surface area contributed by atoms with E-state index in [1.165, 1.54) is 21.3 Å². The summed E-state index contributed by atoms with van der Waals surface area (Å²) in [5.74, 6) is -0.587. The van der Waals surface area contributed by atoms with Gasteiger partial charge in [-0.1, -0.05) is 155 Å². The minimum atomic E-state index is -1.85. The molecule has 9 aromatic rings. The molecule has 0 amide bonds. The number of methoxy groups -OCH3 is 3. The number of hydrogen-bond donors (Lipinski definition) is 7. The Morgan fingerprint density at radius 1 is 0.452 bits per heavy atom. The summed E-state index contributed by atoms with van der Waals surface area (Å²) in [5, 5.41) is 99.6. The first-order chi connectivity index (χ1) is 50.0. The van der Waals surface area contributed by atoms with Crippen LogP contribution < -0.4 is 28.4 Å². The fourth-order valence-electron chi connectivity index (χ4n) is 17.7. The molecule has 6 aromatic carbocycles. The van der Waals surface area contributed by atoms with Gasteiger partial charge in [-0.3, -0.25) is 0 Å². The van der Waals surface area contributed by atoms with E-state index in [2.05, 4.69) is 43.0 Å². The lowest BCUT2D eigenvalue weighted by Crippen LogP contribution is -2.52. The van der Waals surface area contributed by atoms with E-state index in [1.807, 2.05) is 172 Å². The van der Waals surface area contributed by atoms with Crippen LogP contribution in [0.1, 0.15) is 79.0 Å².